The molecule has 1 aliphatic carbocycles. The van der Waals surface area contributed by atoms with Crippen LogP contribution in [-0.2, 0) is 24.7 Å². The Hall–Kier alpha value is -2.47. The van der Waals surface area contributed by atoms with Crippen LogP contribution in [0, 0.1) is 33.0 Å². The van der Waals surface area contributed by atoms with Crippen LogP contribution in [0.1, 0.15) is 12.5 Å². The molecule has 2 fully saturated rings. The fourth-order valence-corrected chi connectivity index (χ4v) is 5.49. The molecule has 8 nitrogen and oxygen atoms in total. The number of nitrogens with two attached hydrogens (primary N) is 1. The summed E-state index contributed by atoms with van der Waals surface area (Å²) in [6.45, 7) is 1.81. The smallest absolute Gasteiger partial charge is 0.292 e. The molecule has 2 aliphatic heterocycles. The Labute approximate surface area is 151 Å². The third-order valence-electron chi connectivity index (χ3n) is 6.53. The van der Waals surface area contributed by atoms with Gasteiger partial charge in [-0.25, -0.2) is 4.99 Å². The first-order valence-corrected chi connectivity index (χ1v) is 8.12. The minimum absolute atomic E-state index is 0.0742. The Morgan fingerprint density at radius 2 is 1.77 bits per heavy atom. The quantitative estimate of drug-likeness (QED) is 0.785. The molecular weight excluding hydrogens is 336 g/mol. The Morgan fingerprint density at radius 3 is 2.27 bits per heavy atom. The highest BCUT2D eigenvalue weighted by Crippen LogP contribution is 2.93. The van der Waals surface area contributed by atoms with Gasteiger partial charge in [0.2, 0.25) is 11.7 Å². The largest absolute Gasteiger partial charge is 0.443 e. The van der Waals surface area contributed by atoms with Crippen molar-refractivity contribution in [2.75, 3.05) is 21.3 Å². The topological polar surface area (TPSA) is 123 Å². The van der Waals surface area contributed by atoms with E-state index in [1.807, 2.05) is 37.3 Å². The first kappa shape index (κ1) is 17.0. The van der Waals surface area contributed by atoms with Crippen LogP contribution in [0.25, 0.3) is 0 Å². The normalized spacial score (nSPS) is 41.7. The van der Waals surface area contributed by atoms with E-state index in [0.717, 1.165) is 0 Å². The van der Waals surface area contributed by atoms with Crippen molar-refractivity contribution in [1.29, 1.82) is 10.7 Å². The predicted molar refractivity (Wildman–Crippen MR) is 90.9 cm³/mol. The summed E-state index contributed by atoms with van der Waals surface area (Å²) in [5.74, 6) is -3.17. The molecule has 3 aliphatic rings. The fourth-order valence-electron chi connectivity index (χ4n) is 5.49. The van der Waals surface area contributed by atoms with Gasteiger partial charge in [-0.05, 0) is 6.92 Å². The van der Waals surface area contributed by atoms with Gasteiger partial charge in [0.15, 0.2) is 5.41 Å². The molecule has 0 radical (unpaired) electrons. The molecule has 0 bridgehead atoms. The van der Waals surface area contributed by atoms with Gasteiger partial charge in [-0.1, -0.05) is 30.3 Å². The van der Waals surface area contributed by atoms with E-state index in [1.165, 1.54) is 21.3 Å². The molecule has 0 amide bonds. The summed E-state index contributed by atoms with van der Waals surface area (Å²) in [6, 6.07) is 11.5. The SMILES string of the molecule is COC1(OC)N=C(N)C23C(=N)OC(OC)(c4ccccc4)C2(C)C13C#N. The zero-order valence-corrected chi connectivity index (χ0v) is 15.0. The number of hydrogen-bond acceptors (Lipinski definition) is 8. The minimum Gasteiger partial charge on any atom is -0.443 e. The molecule has 4 atom stereocenters. The van der Waals surface area contributed by atoms with Crippen molar-refractivity contribution in [3.63, 3.8) is 0 Å². The predicted octanol–water partition coefficient (Wildman–Crippen LogP) is 1.33. The molecule has 26 heavy (non-hydrogen) atoms. The molecule has 1 saturated carbocycles. The summed E-state index contributed by atoms with van der Waals surface area (Å²) in [4.78, 5) is 4.30. The molecule has 1 aromatic rings. The second-order valence-electron chi connectivity index (χ2n) is 6.84. The van der Waals surface area contributed by atoms with Crippen molar-refractivity contribution in [2.45, 2.75) is 18.6 Å². The molecule has 1 saturated heterocycles. The first-order valence-electron chi connectivity index (χ1n) is 8.12. The molecule has 4 unspecified atom stereocenters. The monoisotopic (exact) mass is 356 g/mol. The highest BCUT2D eigenvalue weighted by Gasteiger charge is 3.08. The summed E-state index contributed by atoms with van der Waals surface area (Å²) < 4.78 is 23.0. The maximum atomic E-state index is 10.3. The van der Waals surface area contributed by atoms with E-state index >= 15 is 0 Å². The Bertz CT molecular complexity index is 877. The number of nitrogens with zero attached hydrogens (tertiary/aromatic N) is 2. The van der Waals surface area contributed by atoms with Gasteiger partial charge in [0, 0.05) is 26.9 Å². The number of amidine groups is 1. The van der Waals surface area contributed by atoms with Gasteiger partial charge >= 0.3 is 0 Å². The van der Waals surface area contributed by atoms with Crippen molar-refractivity contribution in [3.8, 4) is 6.07 Å². The van der Waals surface area contributed by atoms with Crippen LogP contribution in [0.3, 0.4) is 0 Å². The fraction of sp³-hybridized carbons (Fsp3) is 0.500. The maximum Gasteiger partial charge on any atom is 0.292 e. The van der Waals surface area contributed by atoms with Gasteiger partial charge in [-0.3, -0.25) is 5.41 Å². The van der Waals surface area contributed by atoms with Crippen LogP contribution in [0.4, 0.5) is 0 Å². The average molecular weight is 356 g/mol. The van der Waals surface area contributed by atoms with Crippen LogP contribution in [-0.4, -0.2) is 39.0 Å². The standard InChI is InChI=1S/C18H20N4O4/c1-14-15(10-19)16(14,12(20)22-18(15,24-3)25-4)13(21)26-17(14,23-2)11-8-6-5-7-9-11/h5-9,21H,1-4H3,(H2,20,22). The van der Waals surface area contributed by atoms with Crippen molar-refractivity contribution >= 4 is 11.7 Å². The van der Waals surface area contributed by atoms with E-state index < -0.39 is 27.9 Å². The van der Waals surface area contributed by atoms with Gasteiger partial charge in [0.05, 0.1) is 11.5 Å². The number of benzene rings is 1. The Morgan fingerprint density at radius 1 is 1.15 bits per heavy atom. The molecule has 0 aromatic heterocycles. The molecule has 1 spiro atoms. The van der Waals surface area contributed by atoms with Crippen molar-refractivity contribution in [2.24, 2.45) is 27.0 Å². The third-order valence-corrected chi connectivity index (χ3v) is 6.53. The zero-order valence-electron chi connectivity index (χ0n) is 15.0. The first-order chi connectivity index (χ1) is 12.4. The number of fused-ring (bicyclic) bond motifs is 1. The zero-order chi connectivity index (χ0) is 19.0. The Balaban J connectivity index is 2.07. The molecular formula is C18H20N4O4. The van der Waals surface area contributed by atoms with Crippen LogP contribution < -0.4 is 5.73 Å². The highest BCUT2D eigenvalue weighted by atomic mass is 16.7. The lowest BCUT2D eigenvalue weighted by Gasteiger charge is -2.41. The minimum atomic E-state index is -1.66. The number of nitriles is 1. The summed E-state index contributed by atoms with van der Waals surface area (Å²) in [7, 11) is 4.28. The molecule has 1 aromatic carbocycles. The summed E-state index contributed by atoms with van der Waals surface area (Å²) in [5, 5.41) is 18.9. The lowest BCUT2D eigenvalue weighted by molar-refractivity contribution is -0.278. The van der Waals surface area contributed by atoms with Crippen molar-refractivity contribution in [1.82, 2.24) is 0 Å². The van der Waals surface area contributed by atoms with Gasteiger partial charge in [-0.15, -0.1) is 0 Å². The lowest BCUT2D eigenvalue weighted by atomic mass is 9.80. The van der Waals surface area contributed by atoms with Crippen LogP contribution in [0.5, 0.6) is 0 Å². The Kier molecular flexibility index (Phi) is 3.02. The van der Waals surface area contributed by atoms with E-state index in [2.05, 4.69) is 11.1 Å². The van der Waals surface area contributed by atoms with Crippen LogP contribution >= 0.6 is 0 Å². The average Bonchev–Trinajstić information content (AvgIpc) is 2.98. The number of aliphatic imine (C=N–C) groups is 1. The van der Waals surface area contributed by atoms with Crippen molar-refractivity contribution < 1.29 is 18.9 Å². The molecule has 8 heteroatoms. The third kappa shape index (κ3) is 1.16. The summed E-state index contributed by atoms with van der Waals surface area (Å²) in [5.41, 5.74) is 3.14. The summed E-state index contributed by atoms with van der Waals surface area (Å²) >= 11 is 0. The number of methoxy groups -OCH3 is 3. The highest BCUT2D eigenvalue weighted by molar-refractivity contribution is 6.17. The number of ether oxygens (including phenoxy) is 4. The molecule has 4 rings (SSSR count). The van der Waals surface area contributed by atoms with Crippen LogP contribution in [0.15, 0.2) is 35.3 Å². The number of nitrogens with one attached hydrogen (secondary N) is 1. The second kappa shape index (κ2) is 4.62. The van der Waals surface area contributed by atoms with Gasteiger partial charge in [-0.2, -0.15) is 5.26 Å². The number of hydrogen-bond donors (Lipinski definition) is 2. The van der Waals surface area contributed by atoms with E-state index in [9.17, 15) is 5.26 Å². The summed E-state index contributed by atoms with van der Waals surface area (Å²) in [6.07, 6.45) is 0. The van der Waals surface area contributed by atoms with E-state index in [0.29, 0.717) is 5.56 Å². The van der Waals surface area contributed by atoms with Gasteiger partial charge in [0.1, 0.15) is 11.3 Å². The van der Waals surface area contributed by atoms with E-state index in [-0.39, 0.29) is 11.7 Å². The molecule has 2 heterocycles. The second-order valence-corrected chi connectivity index (χ2v) is 6.84. The number of rotatable bonds is 4. The van der Waals surface area contributed by atoms with E-state index in [1.54, 1.807) is 0 Å². The molecule has 3 N–H and O–H groups in total. The van der Waals surface area contributed by atoms with Crippen LogP contribution in [0.2, 0.25) is 0 Å². The lowest BCUT2D eigenvalue weighted by Crippen LogP contribution is -2.51. The van der Waals surface area contributed by atoms with Gasteiger partial charge in [0.25, 0.3) is 5.91 Å². The molecule has 136 valence electrons. The van der Waals surface area contributed by atoms with Crippen molar-refractivity contribution in [3.05, 3.63) is 35.9 Å². The van der Waals surface area contributed by atoms with Gasteiger partial charge < -0.3 is 24.7 Å². The van der Waals surface area contributed by atoms with E-state index in [4.69, 9.17) is 30.1 Å². The maximum absolute atomic E-state index is 10.3.